The zero-order chi connectivity index (χ0) is 15.2. The van der Waals surface area contributed by atoms with Gasteiger partial charge in [0.15, 0.2) is 0 Å². The average molecular weight is 286 g/mol. The highest BCUT2D eigenvalue weighted by molar-refractivity contribution is 5.94. The maximum Gasteiger partial charge on any atom is 0.253 e. The van der Waals surface area contributed by atoms with Crippen LogP contribution in [0.5, 0.6) is 0 Å². The summed E-state index contributed by atoms with van der Waals surface area (Å²) in [6, 6.07) is 1.97. The van der Waals surface area contributed by atoms with Crippen LogP contribution in [0.1, 0.15) is 29.3 Å². The summed E-state index contributed by atoms with van der Waals surface area (Å²) in [5.41, 5.74) is 6.61. The first kappa shape index (κ1) is 15.5. The second kappa shape index (κ2) is 7.21. The van der Waals surface area contributed by atoms with Gasteiger partial charge >= 0.3 is 0 Å². The van der Waals surface area contributed by atoms with E-state index in [1.54, 1.807) is 18.5 Å². The number of nitrogens with two attached hydrogens (primary N) is 1. The van der Waals surface area contributed by atoms with Crippen LogP contribution in [0.2, 0.25) is 0 Å². The number of nitrogens with one attached hydrogen (secondary N) is 1. The topological polar surface area (TPSA) is 71.2 Å². The number of carbonyl (C=O) groups is 1. The van der Waals surface area contributed by atoms with E-state index in [-0.39, 0.29) is 11.9 Å². The van der Waals surface area contributed by atoms with Crippen LogP contribution in [0, 0.1) is 17.8 Å². The van der Waals surface area contributed by atoms with E-state index in [0.29, 0.717) is 23.6 Å². The Hall–Kier alpha value is -1.90. The molecule has 1 aromatic heterocycles. The lowest BCUT2D eigenvalue weighted by Crippen LogP contribution is -2.48. The third-order valence-corrected chi connectivity index (χ3v) is 3.76. The Morgan fingerprint density at radius 1 is 1.57 bits per heavy atom. The van der Waals surface area contributed by atoms with Crippen LogP contribution in [0.15, 0.2) is 18.5 Å². The lowest BCUT2D eigenvalue weighted by molar-refractivity contribution is 0.0883. The summed E-state index contributed by atoms with van der Waals surface area (Å²) in [7, 11) is 2.11. The van der Waals surface area contributed by atoms with Crippen LogP contribution < -0.4 is 11.1 Å². The van der Waals surface area contributed by atoms with Crippen molar-refractivity contribution in [3.63, 3.8) is 0 Å². The first-order chi connectivity index (χ1) is 10.1. The molecule has 2 heterocycles. The van der Waals surface area contributed by atoms with E-state index < -0.39 is 0 Å². The summed E-state index contributed by atoms with van der Waals surface area (Å²) < 4.78 is 0. The molecule has 1 fully saturated rings. The van der Waals surface area contributed by atoms with Crippen molar-refractivity contribution in [2.45, 2.75) is 19.4 Å². The fourth-order valence-electron chi connectivity index (χ4n) is 2.61. The van der Waals surface area contributed by atoms with Crippen molar-refractivity contribution in [3.8, 4) is 11.8 Å². The largest absolute Gasteiger partial charge is 0.349 e. The monoisotopic (exact) mass is 286 g/mol. The SMILES string of the molecule is CC1CN(C)CCC1NC(=O)c1cncc(C#CCN)c1. The first-order valence-corrected chi connectivity index (χ1v) is 7.23. The van der Waals surface area contributed by atoms with Gasteiger partial charge in [-0.1, -0.05) is 18.8 Å². The van der Waals surface area contributed by atoms with Gasteiger partial charge in [0.2, 0.25) is 0 Å². The molecule has 1 aromatic rings. The molecule has 2 rings (SSSR count). The fraction of sp³-hybridized carbons (Fsp3) is 0.500. The molecule has 21 heavy (non-hydrogen) atoms. The number of hydrogen-bond acceptors (Lipinski definition) is 4. The highest BCUT2D eigenvalue weighted by Crippen LogP contribution is 2.16. The molecule has 1 amide bonds. The zero-order valence-electron chi connectivity index (χ0n) is 12.6. The van der Waals surface area contributed by atoms with E-state index in [4.69, 9.17) is 5.73 Å². The molecule has 3 N–H and O–H groups in total. The minimum atomic E-state index is -0.0831. The number of likely N-dealkylation sites (tertiary alicyclic amines) is 1. The van der Waals surface area contributed by atoms with E-state index >= 15 is 0 Å². The number of aromatic nitrogens is 1. The molecule has 0 aliphatic carbocycles. The van der Waals surface area contributed by atoms with Crippen molar-refractivity contribution in [2.24, 2.45) is 11.7 Å². The summed E-state index contributed by atoms with van der Waals surface area (Å²) in [6.45, 7) is 4.48. The highest BCUT2D eigenvalue weighted by Gasteiger charge is 2.25. The molecule has 0 radical (unpaired) electrons. The van der Waals surface area contributed by atoms with Crippen LogP contribution in [0.3, 0.4) is 0 Å². The smallest absolute Gasteiger partial charge is 0.253 e. The summed E-state index contributed by atoms with van der Waals surface area (Å²) in [6.07, 6.45) is 4.18. The van der Waals surface area contributed by atoms with E-state index in [2.05, 4.69) is 41.0 Å². The summed E-state index contributed by atoms with van der Waals surface area (Å²) in [5.74, 6) is 6.02. The standard InChI is InChI=1S/C16H22N4O/c1-12-11-20(2)7-5-15(12)19-16(21)14-8-13(4-3-6-17)9-18-10-14/h8-10,12,15H,5-7,11,17H2,1-2H3,(H,19,21). The van der Waals surface area contributed by atoms with Crippen LogP contribution in [-0.4, -0.2) is 48.5 Å². The van der Waals surface area contributed by atoms with E-state index in [1.807, 2.05) is 0 Å². The number of rotatable bonds is 2. The molecule has 1 aliphatic heterocycles. The molecule has 5 heteroatoms. The first-order valence-electron chi connectivity index (χ1n) is 7.23. The number of pyridine rings is 1. The predicted octanol–water partition coefficient (Wildman–Crippen LogP) is 0.462. The lowest BCUT2D eigenvalue weighted by Gasteiger charge is -2.35. The number of piperidine rings is 1. The molecule has 0 saturated carbocycles. The van der Waals surface area contributed by atoms with E-state index in [0.717, 1.165) is 19.5 Å². The Morgan fingerprint density at radius 3 is 3.10 bits per heavy atom. The van der Waals surface area contributed by atoms with Crippen LogP contribution in [-0.2, 0) is 0 Å². The average Bonchev–Trinajstić information content (AvgIpc) is 2.48. The molecule has 1 aliphatic rings. The molecule has 0 aromatic carbocycles. The van der Waals surface area contributed by atoms with Crippen molar-refractivity contribution in [2.75, 3.05) is 26.7 Å². The summed E-state index contributed by atoms with van der Waals surface area (Å²) >= 11 is 0. The Bertz CT molecular complexity index is 561. The normalized spacial score (nSPS) is 22.2. The van der Waals surface area contributed by atoms with Gasteiger partial charge in [0.25, 0.3) is 5.91 Å². The van der Waals surface area contributed by atoms with Crippen molar-refractivity contribution >= 4 is 5.91 Å². The number of carbonyl (C=O) groups excluding carboxylic acids is 1. The quantitative estimate of drug-likeness (QED) is 0.775. The van der Waals surface area contributed by atoms with Gasteiger partial charge in [-0.25, -0.2) is 0 Å². The summed E-state index contributed by atoms with van der Waals surface area (Å²) in [5, 5.41) is 3.11. The maximum absolute atomic E-state index is 12.3. The molecule has 112 valence electrons. The predicted molar refractivity (Wildman–Crippen MR) is 82.7 cm³/mol. The van der Waals surface area contributed by atoms with E-state index in [1.165, 1.54) is 0 Å². The molecule has 1 saturated heterocycles. The fourth-order valence-corrected chi connectivity index (χ4v) is 2.61. The van der Waals surface area contributed by atoms with Gasteiger partial charge < -0.3 is 16.0 Å². The van der Waals surface area contributed by atoms with Gasteiger partial charge in [0.1, 0.15) is 0 Å². The zero-order valence-corrected chi connectivity index (χ0v) is 12.6. The Balaban J connectivity index is 2.03. The van der Waals surface area contributed by atoms with Gasteiger partial charge in [0, 0.05) is 30.5 Å². The van der Waals surface area contributed by atoms with Gasteiger partial charge in [-0.2, -0.15) is 0 Å². The Kier molecular flexibility index (Phi) is 5.32. The minimum Gasteiger partial charge on any atom is -0.349 e. The summed E-state index contributed by atoms with van der Waals surface area (Å²) in [4.78, 5) is 18.7. The minimum absolute atomic E-state index is 0.0831. The van der Waals surface area contributed by atoms with Crippen LogP contribution >= 0.6 is 0 Å². The van der Waals surface area contributed by atoms with Crippen molar-refractivity contribution in [3.05, 3.63) is 29.6 Å². The number of hydrogen-bond donors (Lipinski definition) is 2. The molecular weight excluding hydrogens is 264 g/mol. The van der Waals surface area contributed by atoms with Gasteiger partial charge in [-0.15, -0.1) is 0 Å². The van der Waals surface area contributed by atoms with Gasteiger partial charge in [-0.3, -0.25) is 9.78 Å². The van der Waals surface area contributed by atoms with Gasteiger partial charge in [-0.05, 0) is 32.0 Å². The molecule has 0 spiro atoms. The second-order valence-corrected chi connectivity index (χ2v) is 5.58. The lowest BCUT2D eigenvalue weighted by atomic mass is 9.94. The van der Waals surface area contributed by atoms with Crippen LogP contribution in [0.4, 0.5) is 0 Å². The van der Waals surface area contributed by atoms with Crippen molar-refractivity contribution < 1.29 is 4.79 Å². The Morgan fingerprint density at radius 2 is 2.38 bits per heavy atom. The van der Waals surface area contributed by atoms with E-state index in [9.17, 15) is 4.79 Å². The number of amides is 1. The van der Waals surface area contributed by atoms with Crippen molar-refractivity contribution in [1.82, 2.24) is 15.2 Å². The molecule has 2 unspecified atom stereocenters. The maximum atomic E-state index is 12.3. The molecular formula is C16H22N4O. The molecule has 0 bridgehead atoms. The molecule has 2 atom stereocenters. The van der Waals surface area contributed by atoms with Crippen LogP contribution in [0.25, 0.3) is 0 Å². The number of nitrogens with zero attached hydrogens (tertiary/aromatic N) is 2. The van der Waals surface area contributed by atoms with Crippen molar-refractivity contribution in [1.29, 1.82) is 0 Å². The van der Waals surface area contributed by atoms with Gasteiger partial charge in [0.05, 0.1) is 12.1 Å². The highest BCUT2D eigenvalue weighted by atomic mass is 16.1. The Labute approximate surface area is 125 Å². The third-order valence-electron chi connectivity index (χ3n) is 3.76. The second-order valence-electron chi connectivity index (χ2n) is 5.58. The third kappa shape index (κ3) is 4.28. The molecule has 5 nitrogen and oxygen atoms in total.